The van der Waals surface area contributed by atoms with Crippen LogP contribution in [0.3, 0.4) is 0 Å². The van der Waals surface area contributed by atoms with Crippen LogP contribution in [0.25, 0.3) is 0 Å². The van der Waals surface area contributed by atoms with Crippen LogP contribution in [0, 0.1) is 0 Å². The third kappa shape index (κ3) is 5.87. The zero-order valence-corrected chi connectivity index (χ0v) is 12.5. The lowest BCUT2D eigenvalue weighted by atomic mass is 10.1. The molecule has 0 aliphatic heterocycles. The molecule has 19 heavy (non-hydrogen) atoms. The van der Waals surface area contributed by atoms with Crippen LogP contribution in [-0.4, -0.2) is 22.6 Å². The Hall–Kier alpha value is -1.36. The third-order valence-electron chi connectivity index (χ3n) is 2.33. The van der Waals surface area contributed by atoms with Gasteiger partial charge in [-0.15, -0.1) is 0 Å². The lowest BCUT2D eigenvalue weighted by Crippen LogP contribution is -2.27. The minimum Gasteiger partial charge on any atom is -0.508 e. The SMILES string of the molecule is CC(C)(C)OC(=O)Nc1ccc(CCCS)c(O)c1. The van der Waals surface area contributed by atoms with Crippen LogP contribution in [0.4, 0.5) is 10.5 Å². The first kappa shape index (κ1) is 15.7. The number of carbonyl (C=O) groups excluding carboxylic acids is 1. The average molecular weight is 283 g/mol. The summed E-state index contributed by atoms with van der Waals surface area (Å²) in [5.41, 5.74) is 0.823. The summed E-state index contributed by atoms with van der Waals surface area (Å²) in [6, 6.07) is 5.07. The summed E-state index contributed by atoms with van der Waals surface area (Å²) in [6.07, 6.45) is 1.13. The number of amides is 1. The third-order valence-corrected chi connectivity index (χ3v) is 2.65. The van der Waals surface area contributed by atoms with Gasteiger partial charge in [0.25, 0.3) is 0 Å². The highest BCUT2D eigenvalue weighted by atomic mass is 32.1. The molecular weight excluding hydrogens is 262 g/mol. The second-order valence-corrected chi connectivity index (χ2v) is 5.74. The Kier molecular flexibility index (Phi) is 5.54. The molecule has 0 aromatic heterocycles. The molecule has 0 spiro atoms. The van der Waals surface area contributed by atoms with Crippen molar-refractivity contribution in [2.24, 2.45) is 0 Å². The van der Waals surface area contributed by atoms with Crippen LogP contribution in [0.5, 0.6) is 5.75 Å². The van der Waals surface area contributed by atoms with Gasteiger partial charge in [-0.2, -0.15) is 12.6 Å². The molecule has 1 aromatic carbocycles. The van der Waals surface area contributed by atoms with Gasteiger partial charge in [0.05, 0.1) is 0 Å². The molecule has 0 unspecified atom stereocenters. The van der Waals surface area contributed by atoms with Crippen LogP contribution in [0.15, 0.2) is 18.2 Å². The van der Waals surface area contributed by atoms with Crippen LogP contribution in [0.2, 0.25) is 0 Å². The lowest BCUT2D eigenvalue weighted by Gasteiger charge is -2.19. The number of carbonyl (C=O) groups is 1. The summed E-state index contributed by atoms with van der Waals surface area (Å²) < 4.78 is 5.13. The van der Waals surface area contributed by atoms with Gasteiger partial charge in [-0.3, -0.25) is 5.32 Å². The number of hydrogen-bond acceptors (Lipinski definition) is 4. The van der Waals surface area contributed by atoms with Gasteiger partial charge in [-0.05, 0) is 51.0 Å². The molecule has 0 radical (unpaired) electrons. The van der Waals surface area contributed by atoms with Crippen molar-refractivity contribution in [1.82, 2.24) is 0 Å². The van der Waals surface area contributed by atoms with E-state index in [2.05, 4.69) is 17.9 Å². The number of aryl methyl sites for hydroxylation is 1. The first-order chi connectivity index (χ1) is 8.81. The predicted molar refractivity (Wildman–Crippen MR) is 80.1 cm³/mol. The summed E-state index contributed by atoms with van der Waals surface area (Å²) in [5.74, 6) is 0.951. The molecule has 0 atom stereocenters. The molecule has 0 fully saturated rings. The predicted octanol–water partition coefficient (Wildman–Crippen LogP) is 3.60. The number of thiol groups is 1. The van der Waals surface area contributed by atoms with Gasteiger partial charge in [-0.25, -0.2) is 4.79 Å². The Labute approximate surface area is 119 Å². The molecular formula is C14H21NO3S. The van der Waals surface area contributed by atoms with Crippen LogP contribution < -0.4 is 5.32 Å². The van der Waals surface area contributed by atoms with Gasteiger partial charge in [-0.1, -0.05) is 6.07 Å². The molecule has 1 aromatic rings. The standard InChI is InChI=1S/C14H21NO3S/c1-14(2,3)18-13(17)15-11-7-6-10(5-4-8-19)12(16)9-11/h6-7,9,16,19H,4-5,8H2,1-3H3,(H,15,17). The fourth-order valence-corrected chi connectivity index (χ4v) is 1.70. The van der Waals surface area contributed by atoms with Crippen molar-refractivity contribution in [1.29, 1.82) is 0 Å². The Bertz CT molecular complexity index is 441. The number of ether oxygens (including phenoxy) is 1. The van der Waals surface area contributed by atoms with E-state index in [0.717, 1.165) is 24.2 Å². The Morgan fingerprint density at radius 3 is 2.63 bits per heavy atom. The summed E-state index contributed by atoms with van der Waals surface area (Å²) in [4.78, 5) is 11.6. The monoisotopic (exact) mass is 283 g/mol. The first-order valence-corrected chi connectivity index (χ1v) is 6.88. The Balaban J connectivity index is 2.65. The number of nitrogens with one attached hydrogen (secondary N) is 1. The molecule has 0 bridgehead atoms. The Morgan fingerprint density at radius 1 is 1.42 bits per heavy atom. The number of benzene rings is 1. The number of rotatable bonds is 4. The van der Waals surface area contributed by atoms with Crippen LogP contribution in [0.1, 0.15) is 32.8 Å². The smallest absolute Gasteiger partial charge is 0.412 e. The molecule has 5 heteroatoms. The Morgan fingerprint density at radius 2 is 2.11 bits per heavy atom. The van der Waals surface area contributed by atoms with Gasteiger partial charge in [0, 0.05) is 11.8 Å². The lowest BCUT2D eigenvalue weighted by molar-refractivity contribution is 0.0636. The molecule has 0 heterocycles. The average Bonchev–Trinajstić information content (AvgIpc) is 2.25. The highest BCUT2D eigenvalue weighted by molar-refractivity contribution is 7.80. The molecule has 0 aliphatic carbocycles. The van der Waals surface area contributed by atoms with Crippen molar-refractivity contribution in [3.05, 3.63) is 23.8 Å². The van der Waals surface area contributed by atoms with Crippen molar-refractivity contribution in [2.45, 2.75) is 39.2 Å². The van der Waals surface area contributed by atoms with Crippen molar-refractivity contribution in [3.8, 4) is 5.75 Å². The first-order valence-electron chi connectivity index (χ1n) is 6.24. The fourth-order valence-electron chi connectivity index (χ4n) is 1.54. The minimum absolute atomic E-state index is 0.176. The van der Waals surface area contributed by atoms with Gasteiger partial charge in [0.1, 0.15) is 11.4 Å². The highest BCUT2D eigenvalue weighted by Gasteiger charge is 2.16. The molecule has 0 saturated heterocycles. The second kappa shape index (κ2) is 6.70. The van der Waals surface area contributed by atoms with E-state index in [1.54, 1.807) is 32.9 Å². The van der Waals surface area contributed by atoms with E-state index < -0.39 is 11.7 Å². The molecule has 2 N–H and O–H groups in total. The van der Waals surface area contributed by atoms with Crippen molar-refractivity contribution >= 4 is 24.4 Å². The largest absolute Gasteiger partial charge is 0.508 e. The molecule has 1 amide bonds. The molecule has 1 rings (SSSR count). The van der Waals surface area contributed by atoms with Gasteiger partial charge in [0.15, 0.2) is 0 Å². The van der Waals surface area contributed by atoms with Crippen molar-refractivity contribution in [3.63, 3.8) is 0 Å². The maximum absolute atomic E-state index is 11.6. The molecule has 0 saturated carbocycles. The van der Waals surface area contributed by atoms with E-state index in [0.29, 0.717) is 5.69 Å². The van der Waals surface area contributed by atoms with E-state index in [1.165, 1.54) is 6.07 Å². The minimum atomic E-state index is -0.543. The van der Waals surface area contributed by atoms with Gasteiger partial charge >= 0.3 is 6.09 Å². The quantitative estimate of drug-likeness (QED) is 0.740. The van der Waals surface area contributed by atoms with E-state index in [9.17, 15) is 9.90 Å². The van der Waals surface area contributed by atoms with Crippen molar-refractivity contribution < 1.29 is 14.6 Å². The number of hydrogen-bond donors (Lipinski definition) is 3. The maximum Gasteiger partial charge on any atom is 0.412 e. The zero-order valence-electron chi connectivity index (χ0n) is 11.6. The van der Waals surface area contributed by atoms with Crippen molar-refractivity contribution in [2.75, 3.05) is 11.1 Å². The van der Waals surface area contributed by atoms with E-state index in [-0.39, 0.29) is 5.75 Å². The normalized spacial score (nSPS) is 11.2. The number of phenolic OH excluding ortho intramolecular Hbond substituents is 1. The summed E-state index contributed by atoms with van der Waals surface area (Å²) in [6.45, 7) is 5.39. The summed E-state index contributed by atoms with van der Waals surface area (Å²) in [7, 11) is 0. The number of aromatic hydroxyl groups is 1. The molecule has 4 nitrogen and oxygen atoms in total. The summed E-state index contributed by atoms with van der Waals surface area (Å²) in [5, 5.41) is 12.4. The second-order valence-electron chi connectivity index (χ2n) is 5.30. The summed E-state index contributed by atoms with van der Waals surface area (Å²) >= 11 is 4.14. The maximum atomic E-state index is 11.6. The highest BCUT2D eigenvalue weighted by Crippen LogP contribution is 2.23. The van der Waals surface area contributed by atoms with Gasteiger partial charge < -0.3 is 9.84 Å². The number of phenols is 1. The molecule has 0 aliphatic rings. The number of anilines is 1. The van der Waals surface area contributed by atoms with E-state index in [4.69, 9.17) is 4.74 Å². The van der Waals surface area contributed by atoms with E-state index >= 15 is 0 Å². The van der Waals surface area contributed by atoms with Gasteiger partial charge in [0.2, 0.25) is 0 Å². The fraction of sp³-hybridized carbons (Fsp3) is 0.500. The van der Waals surface area contributed by atoms with Crippen LogP contribution in [-0.2, 0) is 11.2 Å². The molecule has 106 valence electrons. The zero-order chi connectivity index (χ0) is 14.5. The van der Waals surface area contributed by atoms with E-state index in [1.807, 2.05) is 0 Å². The van der Waals surface area contributed by atoms with Crippen LogP contribution >= 0.6 is 12.6 Å². The topological polar surface area (TPSA) is 58.6 Å².